The molecule has 0 aliphatic carbocycles. The van der Waals surface area contributed by atoms with E-state index in [0.717, 1.165) is 35.8 Å². The number of nitrogens with zero attached hydrogens (tertiary/aromatic N) is 8. The molecule has 2 aliphatic rings. The summed E-state index contributed by atoms with van der Waals surface area (Å²) in [6.07, 6.45) is 3.07. The summed E-state index contributed by atoms with van der Waals surface area (Å²) in [4.78, 5) is 185. The van der Waals surface area contributed by atoms with Gasteiger partial charge in [0.15, 0.2) is 0 Å². The quantitative estimate of drug-likeness (QED) is 0.209. The van der Waals surface area contributed by atoms with Gasteiger partial charge in [0.1, 0.15) is 53.6 Å². The van der Waals surface area contributed by atoms with Crippen LogP contribution in [0.5, 0.6) is 0 Å². The SMILES string of the molecule is CCCC[C@@H]1NC(=O)[C@H](Cc2ccc(F)cc2)NC(=O)CN(C)C(=O)[C@H](Cc2ccc(Cl)cc2)N(C)C(=O)CN(C)C(=O)CN(C)C(=O)[C@H]([C@@H](C)CC)NC(=O)[C@H](CC(C)C)N(C)C(=O)C[C@@H](C(=O)N2CCCCC2)N(C)C(=O)[C@H](CC(C)C)NC(=O)C(C)(C)N(C)C1=O. The van der Waals surface area contributed by atoms with Crippen LogP contribution in [0.15, 0.2) is 48.5 Å². The van der Waals surface area contributed by atoms with Gasteiger partial charge in [0.2, 0.25) is 70.9 Å². The fourth-order valence-corrected chi connectivity index (χ4v) is 11.5. The number of amides is 12. The van der Waals surface area contributed by atoms with Gasteiger partial charge in [0, 0.05) is 80.3 Å². The summed E-state index contributed by atoms with van der Waals surface area (Å²) in [5, 5.41) is 11.6. The Kier molecular flexibility index (Phi) is 30.4. The van der Waals surface area contributed by atoms with Gasteiger partial charge < -0.3 is 60.5 Å². The van der Waals surface area contributed by atoms with E-state index in [1.54, 1.807) is 36.1 Å². The maximum Gasteiger partial charge on any atom is 0.246 e. The van der Waals surface area contributed by atoms with Gasteiger partial charge >= 0.3 is 0 Å². The molecule has 2 heterocycles. The lowest BCUT2D eigenvalue weighted by atomic mass is 9.95. The third kappa shape index (κ3) is 22.2. The van der Waals surface area contributed by atoms with Crippen molar-refractivity contribution in [3.05, 3.63) is 70.5 Å². The van der Waals surface area contributed by atoms with Crippen LogP contribution in [0.1, 0.15) is 138 Å². The number of piperidine rings is 1. The van der Waals surface area contributed by atoms with Gasteiger partial charge in [-0.15, -0.1) is 0 Å². The zero-order valence-corrected chi connectivity index (χ0v) is 58.9. The van der Waals surface area contributed by atoms with Crippen LogP contribution in [-0.4, -0.2) is 240 Å². The Morgan fingerprint density at radius 1 is 0.574 bits per heavy atom. The summed E-state index contributed by atoms with van der Waals surface area (Å²) in [6, 6.07) is 2.65. The number of unbranched alkanes of at least 4 members (excludes halogenated alkanes) is 1. The molecule has 0 radical (unpaired) electrons. The molecule has 2 aromatic rings. The lowest BCUT2D eigenvalue weighted by Crippen LogP contribution is -2.63. The molecule has 0 bridgehead atoms. The number of likely N-dealkylation sites (N-methyl/N-ethyl adjacent to an activating group) is 7. The molecular weight excluding hydrogens is 1230 g/mol. The van der Waals surface area contributed by atoms with E-state index in [0.29, 0.717) is 61.3 Å². The molecule has 0 aromatic heterocycles. The number of nitrogens with one attached hydrogen (secondary N) is 4. The number of hydrogen-bond acceptors (Lipinski definition) is 12. The van der Waals surface area contributed by atoms with Crippen molar-refractivity contribution in [1.29, 1.82) is 0 Å². The Balaban J connectivity index is 1.88. The number of hydrogen-bond donors (Lipinski definition) is 4. The standard InChI is InChI=1S/C68H104ClFN12O12/c1-17-19-23-49-63(90)81(16)68(8,9)67(94)73-51(34-42(3)4)62(89)80(15)54(65(92)82-32-21-20-22-33-82)38-56(84)78(13)52(35-43(5)6)61(88)74-59(44(7)18-2)66(93)77(12)40-57(85)75(10)41-58(86)79(14)53(37-46-24-28-47(69)29-25-46)64(91)76(11)39-55(83)71-50(60(87)72-49)36-45-26-30-48(70)31-27-45/h24-31,42-44,49-54,59H,17-23,32-41H2,1-16H3,(H,71,83)(H,72,87)(H,73,94)(H,74,88)/t44-,49-,50-,51-,52-,53-,54-,59-/m0/s1. The molecule has 0 spiro atoms. The average molecular weight is 1340 g/mol. The van der Waals surface area contributed by atoms with Crippen LogP contribution in [0.2, 0.25) is 5.02 Å². The predicted molar refractivity (Wildman–Crippen MR) is 355 cm³/mol. The molecule has 2 fully saturated rings. The highest BCUT2D eigenvalue weighted by Crippen LogP contribution is 2.24. The van der Waals surface area contributed by atoms with Crippen molar-refractivity contribution in [3.8, 4) is 0 Å². The summed E-state index contributed by atoms with van der Waals surface area (Å²) < 4.78 is 14.3. The molecule has 4 rings (SSSR count). The lowest BCUT2D eigenvalue weighted by Gasteiger charge is -2.39. The van der Waals surface area contributed by atoms with E-state index in [4.69, 9.17) is 11.6 Å². The number of halogens is 2. The second-order valence-corrected chi connectivity index (χ2v) is 27.3. The number of benzene rings is 2. The average Bonchev–Trinajstić information content (AvgIpc) is 0.818. The molecule has 0 unspecified atom stereocenters. The van der Waals surface area contributed by atoms with Gasteiger partial charge in [-0.25, -0.2) is 4.39 Å². The minimum absolute atomic E-state index is 0.0644. The minimum atomic E-state index is -1.73. The highest BCUT2D eigenvalue weighted by atomic mass is 35.5. The van der Waals surface area contributed by atoms with E-state index in [-0.39, 0.29) is 43.9 Å². The molecule has 0 saturated carbocycles. The third-order valence-electron chi connectivity index (χ3n) is 18.1. The molecule has 94 heavy (non-hydrogen) atoms. The highest BCUT2D eigenvalue weighted by Gasteiger charge is 2.44. The van der Waals surface area contributed by atoms with Crippen LogP contribution in [0.3, 0.4) is 0 Å². The van der Waals surface area contributed by atoms with Crippen LogP contribution in [-0.2, 0) is 70.4 Å². The van der Waals surface area contributed by atoms with E-state index in [1.807, 2.05) is 41.5 Å². The van der Waals surface area contributed by atoms with E-state index >= 15 is 4.79 Å². The number of carbonyl (C=O) groups is 12. The monoisotopic (exact) mass is 1330 g/mol. The minimum Gasteiger partial charge on any atom is -0.343 e. The van der Waals surface area contributed by atoms with Crippen LogP contribution >= 0.6 is 11.6 Å². The van der Waals surface area contributed by atoms with E-state index < -0.39 is 157 Å². The number of likely N-dealkylation sites (tertiary alicyclic amines) is 1. The Morgan fingerprint density at radius 3 is 1.70 bits per heavy atom. The first-order valence-corrected chi connectivity index (χ1v) is 33.2. The van der Waals surface area contributed by atoms with Crippen molar-refractivity contribution < 1.29 is 61.9 Å². The molecule has 4 N–H and O–H groups in total. The van der Waals surface area contributed by atoms with Gasteiger partial charge in [-0.2, -0.15) is 0 Å². The van der Waals surface area contributed by atoms with Crippen LogP contribution < -0.4 is 21.3 Å². The summed E-state index contributed by atoms with van der Waals surface area (Å²) in [5.41, 5.74) is -0.719. The maximum atomic E-state index is 15.1. The van der Waals surface area contributed by atoms with E-state index in [2.05, 4.69) is 21.3 Å². The molecule has 8 atom stereocenters. The van der Waals surface area contributed by atoms with Crippen molar-refractivity contribution in [2.75, 3.05) is 82.1 Å². The summed E-state index contributed by atoms with van der Waals surface area (Å²) in [7, 11) is 9.62. The maximum absolute atomic E-state index is 15.1. The molecule has 522 valence electrons. The van der Waals surface area contributed by atoms with Crippen molar-refractivity contribution in [3.63, 3.8) is 0 Å². The molecule has 26 heteroatoms. The van der Waals surface area contributed by atoms with Crippen LogP contribution in [0, 0.1) is 23.6 Å². The zero-order valence-electron chi connectivity index (χ0n) is 58.1. The molecule has 2 aromatic carbocycles. The van der Waals surface area contributed by atoms with Crippen molar-refractivity contribution in [2.45, 2.75) is 187 Å². The van der Waals surface area contributed by atoms with Crippen molar-refractivity contribution in [2.24, 2.45) is 17.8 Å². The molecular formula is C68H104ClFN12O12. The fraction of sp³-hybridized carbons (Fsp3) is 0.647. The normalized spacial score (nSPS) is 24.0. The van der Waals surface area contributed by atoms with E-state index in [1.165, 1.54) is 92.3 Å². The van der Waals surface area contributed by atoms with Crippen LogP contribution in [0.25, 0.3) is 0 Å². The fourth-order valence-electron chi connectivity index (χ4n) is 11.3. The first-order chi connectivity index (χ1) is 44.0. The predicted octanol–water partition coefficient (Wildman–Crippen LogP) is 4.04. The lowest BCUT2D eigenvalue weighted by molar-refractivity contribution is -0.152. The first-order valence-electron chi connectivity index (χ1n) is 32.8. The second-order valence-electron chi connectivity index (χ2n) is 26.8. The Hall–Kier alpha value is -7.70. The van der Waals surface area contributed by atoms with Gasteiger partial charge in [0.25, 0.3) is 0 Å². The van der Waals surface area contributed by atoms with Crippen molar-refractivity contribution in [1.82, 2.24) is 60.5 Å². The largest absolute Gasteiger partial charge is 0.343 e. The van der Waals surface area contributed by atoms with Gasteiger partial charge in [-0.05, 0) is 106 Å². The summed E-state index contributed by atoms with van der Waals surface area (Å²) in [5.74, 6) is -9.85. The molecule has 24 nitrogen and oxygen atoms in total. The Bertz CT molecular complexity index is 2980. The first kappa shape index (κ1) is 78.7. The zero-order chi connectivity index (χ0) is 70.6. The Morgan fingerprint density at radius 2 is 1.13 bits per heavy atom. The highest BCUT2D eigenvalue weighted by molar-refractivity contribution is 6.30. The second kappa shape index (κ2) is 36.3. The van der Waals surface area contributed by atoms with Gasteiger partial charge in [0.05, 0.1) is 26.1 Å². The Labute approximate surface area is 560 Å². The van der Waals surface area contributed by atoms with Crippen LogP contribution in [0.4, 0.5) is 4.39 Å². The molecule has 2 aliphatic heterocycles. The third-order valence-corrected chi connectivity index (χ3v) is 18.3. The number of rotatable bonds is 14. The van der Waals surface area contributed by atoms with Gasteiger partial charge in [-0.3, -0.25) is 57.5 Å². The van der Waals surface area contributed by atoms with Crippen molar-refractivity contribution >= 4 is 82.5 Å². The molecule has 12 amide bonds. The van der Waals surface area contributed by atoms with E-state index in [9.17, 15) is 57.1 Å². The van der Waals surface area contributed by atoms with Gasteiger partial charge in [-0.1, -0.05) is 104 Å². The smallest absolute Gasteiger partial charge is 0.246 e. The summed E-state index contributed by atoms with van der Waals surface area (Å²) in [6.45, 7) is 14.8. The topological polar surface area (TPSA) is 279 Å². The number of carbonyl (C=O) groups excluding carboxylic acids is 12. The summed E-state index contributed by atoms with van der Waals surface area (Å²) >= 11 is 6.22. The molecule has 2 saturated heterocycles.